The predicted molar refractivity (Wildman–Crippen MR) is 64.9 cm³/mol. The summed E-state index contributed by atoms with van der Waals surface area (Å²) in [7, 11) is 0. The molecule has 1 N–H and O–H groups in total. The third-order valence-electron chi connectivity index (χ3n) is 2.74. The van der Waals surface area contributed by atoms with E-state index in [0.29, 0.717) is 18.7 Å². The average molecular weight is 234 g/mol. The minimum Gasteiger partial charge on any atom is -0.337 e. The van der Waals surface area contributed by atoms with Crippen molar-refractivity contribution in [1.29, 1.82) is 0 Å². The Balaban J connectivity index is 2.00. The highest BCUT2D eigenvalue weighted by Crippen LogP contribution is 2.08. The van der Waals surface area contributed by atoms with Crippen LogP contribution in [0.25, 0.3) is 6.08 Å². The van der Waals surface area contributed by atoms with Crippen molar-refractivity contribution in [1.82, 2.24) is 10.2 Å². The zero-order chi connectivity index (χ0) is 12.1. The van der Waals surface area contributed by atoms with Gasteiger partial charge in [-0.05, 0) is 12.1 Å². The molecule has 3 nitrogen and oxygen atoms in total. The molecule has 0 bridgehead atoms. The van der Waals surface area contributed by atoms with Crippen LogP contribution < -0.4 is 5.32 Å². The second-order valence-corrected chi connectivity index (χ2v) is 3.93. The highest BCUT2D eigenvalue weighted by Gasteiger charge is 2.13. The van der Waals surface area contributed by atoms with Gasteiger partial charge in [-0.3, -0.25) is 4.79 Å². The van der Waals surface area contributed by atoms with Crippen molar-refractivity contribution in [2.45, 2.75) is 0 Å². The summed E-state index contributed by atoms with van der Waals surface area (Å²) in [6.07, 6.45) is 2.96. The normalized spacial score (nSPS) is 16.4. The van der Waals surface area contributed by atoms with Crippen LogP contribution in [0.5, 0.6) is 0 Å². The smallest absolute Gasteiger partial charge is 0.246 e. The molecule has 1 aromatic rings. The fourth-order valence-corrected chi connectivity index (χ4v) is 1.76. The van der Waals surface area contributed by atoms with Gasteiger partial charge in [0.2, 0.25) is 5.91 Å². The second-order valence-electron chi connectivity index (χ2n) is 3.93. The van der Waals surface area contributed by atoms with Crippen LogP contribution in [0.1, 0.15) is 5.56 Å². The van der Waals surface area contributed by atoms with Gasteiger partial charge in [-0.1, -0.05) is 18.2 Å². The van der Waals surface area contributed by atoms with Crippen molar-refractivity contribution in [3.63, 3.8) is 0 Å². The van der Waals surface area contributed by atoms with E-state index < -0.39 is 0 Å². The van der Waals surface area contributed by atoms with Gasteiger partial charge in [-0.2, -0.15) is 0 Å². The highest BCUT2D eigenvalue weighted by molar-refractivity contribution is 5.91. The maximum absolute atomic E-state index is 13.3. The van der Waals surface area contributed by atoms with Gasteiger partial charge in [-0.15, -0.1) is 0 Å². The maximum atomic E-state index is 13.3. The first-order valence-corrected chi connectivity index (χ1v) is 5.69. The molecule has 1 amide bonds. The average Bonchev–Trinajstić information content (AvgIpc) is 2.38. The van der Waals surface area contributed by atoms with Gasteiger partial charge in [0, 0.05) is 37.8 Å². The van der Waals surface area contributed by atoms with E-state index in [2.05, 4.69) is 5.32 Å². The van der Waals surface area contributed by atoms with Crippen LogP contribution in [-0.2, 0) is 4.79 Å². The third kappa shape index (κ3) is 3.14. The first-order valence-electron chi connectivity index (χ1n) is 5.69. The number of piperazine rings is 1. The van der Waals surface area contributed by atoms with Gasteiger partial charge in [0.15, 0.2) is 0 Å². The minimum atomic E-state index is -0.308. The highest BCUT2D eigenvalue weighted by atomic mass is 19.1. The molecule has 2 rings (SSSR count). The van der Waals surface area contributed by atoms with Crippen molar-refractivity contribution in [3.05, 3.63) is 41.7 Å². The van der Waals surface area contributed by atoms with Gasteiger partial charge >= 0.3 is 0 Å². The van der Waals surface area contributed by atoms with Gasteiger partial charge in [0.25, 0.3) is 0 Å². The van der Waals surface area contributed by atoms with E-state index in [1.807, 2.05) is 0 Å². The van der Waals surface area contributed by atoms with Crippen LogP contribution in [0.2, 0.25) is 0 Å². The number of halogens is 1. The number of rotatable bonds is 2. The molecule has 0 spiro atoms. The fraction of sp³-hybridized carbons (Fsp3) is 0.308. The summed E-state index contributed by atoms with van der Waals surface area (Å²) in [6.45, 7) is 3.06. The Hall–Kier alpha value is -1.68. The van der Waals surface area contributed by atoms with E-state index in [4.69, 9.17) is 0 Å². The molecular weight excluding hydrogens is 219 g/mol. The number of hydrogen-bond acceptors (Lipinski definition) is 2. The van der Waals surface area contributed by atoms with Crippen LogP contribution in [0.15, 0.2) is 30.3 Å². The lowest BCUT2D eigenvalue weighted by atomic mass is 10.2. The molecule has 1 aliphatic rings. The number of carbonyl (C=O) groups excluding carboxylic acids is 1. The van der Waals surface area contributed by atoms with Crippen molar-refractivity contribution in [2.75, 3.05) is 26.2 Å². The third-order valence-corrected chi connectivity index (χ3v) is 2.74. The monoisotopic (exact) mass is 234 g/mol. The zero-order valence-corrected chi connectivity index (χ0v) is 9.53. The Labute approximate surface area is 99.9 Å². The molecule has 1 fully saturated rings. The molecule has 0 atom stereocenters. The summed E-state index contributed by atoms with van der Waals surface area (Å²) in [5, 5.41) is 3.17. The Bertz CT molecular complexity index is 425. The molecule has 1 saturated heterocycles. The molecule has 0 aliphatic carbocycles. The molecule has 4 heteroatoms. The van der Waals surface area contributed by atoms with Gasteiger partial charge < -0.3 is 10.2 Å². The first-order chi connectivity index (χ1) is 8.27. The molecule has 0 aromatic heterocycles. The Morgan fingerprint density at radius 2 is 2.00 bits per heavy atom. The largest absolute Gasteiger partial charge is 0.337 e. The number of benzene rings is 1. The number of amides is 1. The summed E-state index contributed by atoms with van der Waals surface area (Å²) in [5.41, 5.74) is 0.441. The van der Waals surface area contributed by atoms with Crippen molar-refractivity contribution < 1.29 is 9.18 Å². The number of nitrogens with one attached hydrogen (secondary N) is 1. The molecule has 1 heterocycles. The standard InChI is InChI=1S/C13H15FN2O/c14-12-4-2-1-3-11(12)5-6-13(17)16-9-7-15-8-10-16/h1-6,15H,7-10H2. The van der Waals surface area contributed by atoms with Gasteiger partial charge in [0.1, 0.15) is 5.82 Å². The topological polar surface area (TPSA) is 32.3 Å². The van der Waals surface area contributed by atoms with Gasteiger partial charge in [-0.25, -0.2) is 4.39 Å². The van der Waals surface area contributed by atoms with E-state index in [1.165, 1.54) is 18.2 Å². The minimum absolute atomic E-state index is 0.0604. The lowest BCUT2D eigenvalue weighted by Gasteiger charge is -2.26. The number of carbonyl (C=O) groups is 1. The van der Waals surface area contributed by atoms with E-state index in [0.717, 1.165) is 13.1 Å². The zero-order valence-electron chi connectivity index (χ0n) is 9.53. The van der Waals surface area contributed by atoms with Crippen molar-refractivity contribution >= 4 is 12.0 Å². The molecule has 17 heavy (non-hydrogen) atoms. The lowest BCUT2D eigenvalue weighted by Crippen LogP contribution is -2.45. The van der Waals surface area contributed by atoms with Gasteiger partial charge in [0.05, 0.1) is 0 Å². The van der Waals surface area contributed by atoms with E-state index >= 15 is 0 Å². The lowest BCUT2D eigenvalue weighted by molar-refractivity contribution is -0.126. The van der Waals surface area contributed by atoms with Crippen LogP contribution in [0, 0.1) is 5.82 Å². The Morgan fingerprint density at radius 3 is 2.71 bits per heavy atom. The summed E-state index contributed by atoms with van der Waals surface area (Å²) >= 11 is 0. The fourth-order valence-electron chi connectivity index (χ4n) is 1.76. The molecular formula is C13H15FN2O. The van der Waals surface area contributed by atoms with E-state index in [-0.39, 0.29) is 11.7 Å². The number of nitrogens with zero attached hydrogens (tertiary/aromatic N) is 1. The molecule has 1 aromatic carbocycles. The predicted octanol–water partition coefficient (Wildman–Crippen LogP) is 1.27. The van der Waals surface area contributed by atoms with E-state index in [1.54, 1.807) is 23.1 Å². The molecule has 90 valence electrons. The number of hydrogen-bond donors (Lipinski definition) is 1. The van der Waals surface area contributed by atoms with Crippen LogP contribution in [0.4, 0.5) is 4.39 Å². The van der Waals surface area contributed by atoms with Crippen molar-refractivity contribution in [2.24, 2.45) is 0 Å². The Kier molecular flexibility index (Phi) is 3.88. The summed E-state index contributed by atoms with van der Waals surface area (Å²) in [4.78, 5) is 13.5. The van der Waals surface area contributed by atoms with E-state index in [9.17, 15) is 9.18 Å². The molecule has 0 unspecified atom stereocenters. The summed E-state index contributed by atoms with van der Waals surface area (Å²) < 4.78 is 13.3. The molecule has 0 saturated carbocycles. The van der Waals surface area contributed by atoms with Crippen LogP contribution >= 0.6 is 0 Å². The maximum Gasteiger partial charge on any atom is 0.246 e. The SMILES string of the molecule is O=C(C=Cc1ccccc1F)N1CCNCC1. The van der Waals surface area contributed by atoms with Crippen LogP contribution in [0.3, 0.4) is 0 Å². The summed E-state index contributed by atoms with van der Waals surface area (Å²) in [6, 6.07) is 6.41. The summed E-state index contributed by atoms with van der Waals surface area (Å²) in [5.74, 6) is -0.369. The van der Waals surface area contributed by atoms with Crippen LogP contribution in [-0.4, -0.2) is 37.0 Å². The molecule has 0 radical (unpaired) electrons. The molecule has 1 aliphatic heterocycles. The first kappa shape index (κ1) is 11.8. The quantitative estimate of drug-likeness (QED) is 0.782. The van der Waals surface area contributed by atoms with Crippen molar-refractivity contribution in [3.8, 4) is 0 Å². The Morgan fingerprint density at radius 1 is 1.29 bits per heavy atom. The second kappa shape index (κ2) is 5.59.